The monoisotopic (exact) mass is 442 g/mol. The summed E-state index contributed by atoms with van der Waals surface area (Å²) < 4.78 is 39.7. The Morgan fingerprint density at radius 3 is 2.53 bits per heavy atom. The maximum Gasteiger partial charge on any atom is 0.395 e. The van der Waals surface area contributed by atoms with Gasteiger partial charge in [-0.3, -0.25) is 14.9 Å². The number of fused-ring (bicyclic) bond motifs is 1. The number of hydrogen-bond donors (Lipinski definition) is 1. The summed E-state index contributed by atoms with van der Waals surface area (Å²) in [7, 11) is 0. The van der Waals surface area contributed by atoms with E-state index in [1.807, 2.05) is 29.3 Å². The third-order valence-electron chi connectivity index (χ3n) is 6.99. The minimum Gasteiger partial charge on any atom is -0.302 e. The first-order valence-corrected chi connectivity index (χ1v) is 11.0. The van der Waals surface area contributed by atoms with Crippen molar-refractivity contribution >= 4 is 16.6 Å². The van der Waals surface area contributed by atoms with Crippen molar-refractivity contribution < 1.29 is 18.0 Å². The molecular formula is C24H25F3N4O. The van der Waals surface area contributed by atoms with E-state index in [4.69, 9.17) is 0 Å². The quantitative estimate of drug-likeness (QED) is 0.596. The fraction of sp³-hybridized carbons (Fsp3) is 0.458. The number of nitrogens with one attached hydrogen (secondary N) is 1. The predicted molar refractivity (Wildman–Crippen MR) is 115 cm³/mol. The van der Waals surface area contributed by atoms with Crippen molar-refractivity contribution in [2.45, 2.75) is 38.3 Å². The Labute approximate surface area is 184 Å². The molecule has 8 heteroatoms. The van der Waals surface area contributed by atoms with E-state index in [2.05, 4.69) is 21.2 Å². The van der Waals surface area contributed by atoms with Crippen molar-refractivity contribution in [2.75, 3.05) is 19.6 Å². The molecule has 168 valence electrons. The lowest BCUT2D eigenvalue weighted by atomic mass is 9.89. The molecule has 1 N–H and O–H groups in total. The molecule has 1 aliphatic carbocycles. The highest BCUT2D eigenvalue weighted by Gasteiger charge is 2.63. The van der Waals surface area contributed by atoms with Gasteiger partial charge in [0.2, 0.25) is 0 Å². The van der Waals surface area contributed by atoms with Crippen molar-refractivity contribution in [3.8, 4) is 11.1 Å². The van der Waals surface area contributed by atoms with Gasteiger partial charge in [-0.15, -0.1) is 0 Å². The van der Waals surface area contributed by atoms with E-state index in [1.54, 1.807) is 12.4 Å². The molecule has 5 rings (SSSR count). The summed E-state index contributed by atoms with van der Waals surface area (Å²) in [6.07, 6.45) is 3.19. The molecule has 0 bridgehead atoms. The molecule has 0 spiro atoms. The van der Waals surface area contributed by atoms with Crippen LogP contribution in [-0.4, -0.2) is 51.7 Å². The number of piperidine rings is 1. The summed E-state index contributed by atoms with van der Waals surface area (Å²) in [5.41, 5.74) is 1.25. The fourth-order valence-corrected chi connectivity index (χ4v) is 4.72. The lowest BCUT2D eigenvalue weighted by Gasteiger charge is -2.34. The Hall–Kier alpha value is -2.74. The lowest BCUT2D eigenvalue weighted by molar-refractivity contribution is -0.192. The number of ketones is 1. The SMILES string of the molecule is O=C(Cc1cc2cc(-c3cn[nH]c3)ccc2cn1)C1CCN(CC2(C(F)(F)F)CC2)CC1. The van der Waals surface area contributed by atoms with Crippen LogP contribution in [0.25, 0.3) is 21.9 Å². The summed E-state index contributed by atoms with van der Waals surface area (Å²) in [6.45, 7) is 1.17. The third kappa shape index (κ3) is 4.16. The van der Waals surface area contributed by atoms with Crippen LogP contribution < -0.4 is 0 Å². The smallest absolute Gasteiger partial charge is 0.302 e. The van der Waals surface area contributed by atoms with Crippen LogP contribution in [0.5, 0.6) is 0 Å². The van der Waals surface area contributed by atoms with Crippen LogP contribution in [0.2, 0.25) is 0 Å². The van der Waals surface area contributed by atoms with Gasteiger partial charge in [0.05, 0.1) is 11.6 Å². The molecule has 1 saturated heterocycles. The molecule has 5 nitrogen and oxygen atoms in total. The molecule has 1 aliphatic heterocycles. The maximum absolute atomic E-state index is 13.2. The van der Waals surface area contributed by atoms with E-state index in [0.717, 1.165) is 27.6 Å². The fourth-order valence-electron chi connectivity index (χ4n) is 4.72. The summed E-state index contributed by atoms with van der Waals surface area (Å²) in [6, 6.07) is 8.02. The Kier molecular flexibility index (Phi) is 5.28. The number of aromatic amines is 1. The van der Waals surface area contributed by atoms with Gasteiger partial charge in [0.15, 0.2) is 0 Å². The van der Waals surface area contributed by atoms with Crippen molar-refractivity contribution in [3.63, 3.8) is 0 Å². The number of likely N-dealkylation sites (tertiary alicyclic amines) is 1. The van der Waals surface area contributed by atoms with Gasteiger partial charge in [-0.1, -0.05) is 12.1 Å². The predicted octanol–water partition coefficient (Wildman–Crippen LogP) is 4.79. The number of aromatic nitrogens is 3. The minimum atomic E-state index is -4.13. The molecule has 1 aromatic carbocycles. The first-order chi connectivity index (χ1) is 15.3. The standard InChI is InChI=1S/C24H25F3N4O/c25-24(26,27)23(5-6-23)15-31-7-3-16(4-8-31)22(32)11-21-10-19-9-17(20-13-29-30-14-20)1-2-18(19)12-28-21/h1-2,9-10,12-14,16H,3-8,11,15H2,(H,29,30). The second-order valence-corrected chi connectivity index (χ2v) is 9.20. The van der Waals surface area contributed by atoms with Crippen molar-refractivity contribution in [1.82, 2.24) is 20.1 Å². The largest absolute Gasteiger partial charge is 0.395 e. The number of rotatable bonds is 6. The number of pyridine rings is 1. The van der Waals surface area contributed by atoms with E-state index in [-0.39, 0.29) is 37.5 Å². The first kappa shape index (κ1) is 21.1. The van der Waals surface area contributed by atoms with E-state index in [9.17, 15) is 18.0 Å². The van der Waals surface area contributed by atoms with Gasteiger partial charge in [-0.25, -0.2) is 0 Å². The second-order valence-electron chi connectivity index (χ2n) is 9.20. The number of nitrogens with zero attached hydrogens (tertiary/aromatic N) is 3. The highest BCUT2D eigenvalue weighted by molar-refractivity contribution is 5.88. The van der Waals surface area contributed by atoms with Gasteiger partial charge in [0.25, 0.3) is 0 Å². The average molecular weight is 442 g/mol. The van der Waals surface area contributed by atoms with E-state index in [1.165, 1.54) is 0 Å². The zero-order valence-electron chi connectivity index (χ0n) is 17.7. The van der Waals surface area contributed by atoms with E-state index < -0.39 is 11.6 Å². The van der Waals surface area contributed by atoms with Crippen LogP contribution in [0, 0.1) is 11.3 Å². The Morgan fingerprint density at radius 1 is 1.09 bits per heavy atom. The first-order valence-electron chi connectivity index (χ1n) is 11.0. The number of alkyl halides is 3. The Balaban J connectivity index is 1.21. The number of carbonyl (C=O) groups excluding carboxylic acids is 1. The van der Waals surface area contributed by atoms with Crippen LogP contribution >= 0.6 is 0 Å². The van der Waals surface area contributed by atoms with Crippen LogP contribution in [0.4, 0.5) is 13.2 Å². The molecule has 2 aliphatic rings. The topological polar surface area (TPSA) is 61.9 Å². The molecule has 2 fully saturated rings. The van der Waals surface area contributed by atoms with Crippen LogP contribution in [0.1, 0.15) is 31.4 Å². The number of hydrogen-bond acceptors (Lipinski definition) is 4. The van der Waals surface area contributed by atoms with E-state index in [0.29, 0.717) is 25.9 Å². The van der Waals surface area contributed by atoms with Gasteiger partial charge >= 0.3 is 6.18 Å². The number of H-pyrrole nitrogens is 1. The molecule has 0 atom stereocenters. The molecule has 0 amide bonds. The van der Waals surface area contributed by atoms with Crippen molar-refractivity contribution in [3.05, 3.63) is 48.5 Å². The maximum atomic E-state index is 13.2. The molecule has 3 aromatic rings. The molecule has 32 heavy (non-hydrogen) atoms. The normalized spacial score (nSPS) is 19.3. The number of benzene rings is 1. The van der Waals surface area contributed by atoms with Gasteiger partial charge in [0.1, 0.15) is 5.78 Å². The molecule has 1 saturated carbocycles. The lowest BCUT2D eigenvalue weighted by Crippen LogP contribution is -2.43. The molecule has 0 unspecified atom stereocenters. The summed E-state index contributed by atoms with van der Waals surface area (Å²) >= 11 is 0. The van der Waals surface area contributed by atoms with Gasteiger partial charge in [-0.05, 0) is 61.9 Å². The van der Waals surface area contributed by atoms with Gasteiger partial charge in [-0.2, -0.15) is 18.3 Å². The third-order valence-corrected chi connectivity index (χ3v) is 6.99. The minimum absolute atomic E-state index is 0.0721. The number of Topliss-reactive ketones (excluding diaryl/α,β-unsaturated/α-hetero) is 1. The number of halogens is 3. The molecule has 0 radical (unpaired) electrons. The van der Waals surface area contributed by atoms with Gasteiger partial charge < -0.3 is 4.90 Å². The average Bonchev–Trinajstić information content (AvgIpc) is 3.36. The van der Waals surface area contributed by atoms with Crippen molar-refractivity contribution in [1.29, 1.82) is 0 Å². The van der Waals surface area contributed by atoms with Crippen LogP contribution in [-0.2, 0) is 11.2 Å². The molecule has 2 aromatic heterocycles. The number of carbonyl (C=O) groups is 1. The van der Waals surface area contributed by atoms with E-state index >= 15 is 0 Å². The van der Waals surface area contributed by atoms with Gasteiger partial charge in [0, 0.05) is 47.9 Å². The Bertz CT molecular complexity index is 1110. The summed E-state index contributed by atoms with van der Waals surface area (Å²) in [4.78, 5) is 19.2. The van der Waals surface area contributed by atoms with Crippen LogP contribution in [0.3, 0.4) is 0 Å². The second kappa shape index (κ2) is 7.99. The Morgan fingerprint density at radius 2 is 1.88 bits per heavy atom. The molecule has 3 heterocycles. The zero-order chi connectivity index (χ0) is 22.3. The van der Waals surface area contributed by atoms with Crippen molar-refractivity contribution in [2.24, 2.45) is 11.3 Å². The van der Waals surface area contributed by atoms with Crippen LogP contribution in [0.15, 0.2) is 42.9 Å². The molecular weight excluding hydrogens is 417 g/mol. The highest BCUT2D eigenvalue weighted by atomic mass is 19.4. The zero-order valence-corrected chi connectivity index (χ0v) is 17.7. The highest BCUT2D eigenvalue weighted by Crippen LogP contribution is 2.58. The summed E-state index contributed by atoms with van der Waals surface area (Å²) in [5.74, 6) is 0.0153. The summed E-state index contributed by atoms with van der Waals surface area (Å²) in [5, 5.41) is 8.81.